The highest BCUT2D eigenvalue weighted by atomic mass is 16.3. The zero-order valence-electron chi connectivity index (χ0n) is 14.8. The molecule has 0 radical (unpaired) electrons. The number of amides is 1. The Morgan fingerprint density at radius 2 is 1.88 bits per heavy atom. The Morgan fingerprint density at radius 1 is 1.12 bits per heavy atom. The number of aryl methyl sites for hydroxylation is 1. The van der Waals surface area contributed by atoms with E-state index in [-0.39, 0.29) is 11.8 Å². The van der Waals surface area contributed by atoms with Crippen molar-refractivity contribution in [1.29, 1.82) is 0 Å². The van der Waals surface area contributed by atoms with Crippen LogP contribution < -0.4 is 10.2 Å². The lowest BCUT2D eigenvalue weighted by molar-refractivity contribution is -0.132. The van der Waals surface area contributed by atoms with Crippen molar-refractivity contribution < 1.29 is 9.90 Å². The van der Waals surface area contributed by atoms with Crippen LogP contribution in [0.25, 0.3) is 0 Å². The van der Waals surface area contributed by atoms with Crippen molar-refractivity contribution in [3.05, 3.63) is 17.6 Å². The molecule has 1 aromatic heterocycles. The molecule has 25 heavy (non-hydrogen) atoms. The van der Waals surface area contributed by atoms with E-state index in [1.807, 2.05) is 0 Å². The minimum Gasteiger partial charge on any atom is -0.383 e. The first-order chi connectivity index (χ1) is 12.2. The molecule has 1 saturated carbocycles. The first kappa shape index (κ1) is 16.8. The Bertz CT molecular complexity index is 624. The average molecular weight is 344 g/mol. The van der Waals surface area contributed by atoms with E-state index in [2.05, 4.69) is 20.2 Å². The molecule has 1 saturated heterocycles. The third kappa shape index (κ3) is 3.78. The first-order valence-electron chi connectivity index (χ1n) is 9.78. The van der Waals surface area contributed by atoms with Crippen LogP contribution in [0.1, 0.15) is 56.2 Å². The number of aliphatic hydroxyl groups excluding tert-OH is 1. The molecule has 0 spiro atoms. The maximum absolute atomic E-state index is 12.1. The molecule has 1 aromatic rings. The van der Waals surface area contributed by atoms with Gasteiger partial charge in [0, 0.05) is 30.4 Å². The normalized spacial score (nSPS) is 22.8. The van der Waals surface area contributed by atoms with Crippen molar-refractivity contribution in [2.45, 2.75) is 69.9 Å². The van der Waals surface area contributed by atoms with E-state index in [1.54, 1.807) is 6.33 Å². The van der Waals surface area contributed by atoms with E-state index >= 15 is 0 Å². The minimum atomic E-state index is -0.870. The van der Waals surface area contributed by atoms with Crippen LogP contribution in [0.4, 0.5) is 5.82 Å². The van der Waals surface area contributed by atoms with Crippen LogP contribution in [0.2, 0.25) is 0 Å². The number of aromatic nitrogens is 2. The molecule has 0 bridgehead atoms. The summed E-state index contributed by atoms with van der Waals surface area (Å²) in [6.07, 6.45) is 10.4. The number of nitrogens with zero attached hydrogens (tertiary/aromatic N) is 3. The third-order valence-electron chi connectivity index (χ3n) is 5.83. The van der Waals surface area contributed by atoms with Crippen LogP contribution in [-0.2, 0) is 17.6 Å². The summed E-state index contributed by atoms with van der Waals surface area (Å²) in [6, 6.07) is 0.304. The summed E-state index contributed by atoms with van der Waals surface area (Å²) in [4.78, 5) is 23.5. The largest absolute Gasteiger partial charge is 0.383 e. The summed E-state index contributed by atoms with van der Waals surface area (Å²) in [7, 11) is 0. The lowest BCUT2D eigenvalue weighted by Crippen LogP contribution is -2.45. The van der Waals surface area contributed by atoms with E-state index < -0.39 is 6.10 Å². The molecule has 0 aromatic carbocycles. The first-order valence-corrected chi connectivity index (χ1v) is 9.78. The van der Waals surface area contributed by atoms with Crippen LogP contribution in [0.3, 0.4) is 0 Å². The Morgan fingerprint density at radius 3 is 2.64 bits per heavy atom. The van der Waals surface area contributed by atoms with Crippen LogP contribution >= 0.6 is 0 Å². The van der Waals surface area contributed by atoms with Crippen molar-refractivity contribution >= 4 is 11.7 Å². The zero-order chi connectivity index (χ0) is 17.2. The minimum absolute atomic E-state index is 0.0513. The highest BCUT2D eigenvalue weighted by molar-refractivity contribution is 5.81. The fourth-order valence-electron chi connectivity index (χ4n) is 4.11. The monoisotopic (exact) mass is 344 g/mol. The Hall–Kier alpha value is -1.69. The molecule has 1 atom stereocenters. The second-order valence-electron chi connectivity index (χ2n) is 7.74. The predicted molar refractivity (Wildman–Crippen MR) is 95.4 cm³/mol. The predicted octanol–water partition coefficient (Wildman–Crippen LogP) is 1.60. The molecule has 136 valence electrons. The van der Waals surface area contributed by atoms with Crippen molar-refractivity contribution in [1.82, 2.24) is 15.3 Å². The maximum atomic E-state index is 12.1. The maximum Gasteiger partial charge on any atom is 0.249 e. The van der Waals surface area contributed by atoms with Gasteiger partial charge in [-0.1, -0.05) is 6.42 Å². The van der Waals surface area contributed by atoms with Gasteiger partial charge in [0.05, 0.1) is 0 Å². The number of piperidine rings is 1. The molecule has 6 nitrogen and oxygen atoms in total. The van der Waals surface area contributed by atoms with Gasteiger partial charge in [-0.3, -0.25) is 4.79 Å². The Labute approximate surface area is 149 Å². The second-order valence-corrected chi connectivity index (χ2v) is 7.74. The molecule has 6 heteroatoms. The number of fused-ring (bicyclic) bond motifs is 1. The quantitative estimate of drug-likeness (QED) is 0.811. The highest BCUT2D eigenvalue weighted by Gasteiger charge is 2.33. The van der Waals surface area contributed by atoms with Gasteiger partial charge in [0.15, 0.2) is 0 Å². The molecular weight excluding hydrogens is 316 g/mol. The average Bonchev–Trinajstić information content (AvgIpc) is 3.47. The summed E-state index contributed by atoms with van der Waals surface area (Å²) in [5.74, 6) is 0.953. The summed E-state index contributed by atoms with van der Waals surface area (Å²) < 4.78 is 0. The summed E-state index contributed by atoms with van der Waals surface area (Å²) in [5.41, 5.74) is 2.54. The van der Waals surface area contributed by atoms with Gasteiger partial charge < -0.3 is 15.3 Å². The van der Waals surface area contributed by atoms with E-state index in [1.165, 1.54) is 30.5 Å². The Balaban J connectivity index is 1.39. The molecule has 3 aliphatic rings. The summed E-state index contributed by atoms with van der Waals surface area (Å²) >= 11 is 0. The molecular formula is C19H28N4O2. The van der Waals surface area contributed by atoms with Gasteiger partial charge in [0.1, 0.15) is 18.2 Å². The molecule has 1 amide bonds. The topological polar surface area (TPSA) is 78.4 Å². The van der Waals surface area contributed by atoms with Gasteiger partial charge in [-0.05, 0) is 57.3 Å². The number of hydrogen-bond donors (Lipinski definition) is 2. The molecule has 1 aliphatic heterocycles. The lowest BCUT2D eigenvalue weighted by Gasteiger charge is -2.35. The van der Waals surface area contributed by atoms with Crippen molar-refractivity contribution in [3.8, 4) is 0 Å². The van der Waals surface area contributed by atoms with E-state index in [0.717, 1.165) is 57.4 Å². The smallest absolute Gasteiger partial charge is 0.249 e. The number of rotatable bonds is 4. The molecule has 2 aliphatic carbocycles. The van der Waals surface area contributed by atoms with Gasteiger partial charge in [-0.15, -0.1) is 0 Å². The second kappa shape index (κ2) is 7.28. The number of nitrogens with one attached hydrogen (secondary N) is 1. The third-order valence-corrected chi connectivity index (χ3v) is 5.83. The number of aliphatic hydroxyl groups is 1. The van der Waals surface area contributed by atoms with Crippen LogP contribution in [0, 0.1) is 5.92 Å². The van der Waals surface area contributed by atoms with Crippen LogP contribution in [0.5, 0.6) is 0 Å². The van der Waals surface area contributed by atoms with Crippen LogP contribution in [0.15, 0.2) is 6.33 Å². The number of anilines is 1. The molecule has 2 N–H and O–H groups in total. The van der Waals surface area contributed by atoms with Crippen molar-refractivity contribution in [2.75, 3.05) is 18.0 Å². The van der Waals surface area contributed by atoms with Crippen molar-refractivity contribution in [2.24, 2.45) is 5.92 Å². The molecule has 2 fully saturated rings. The fourth-order valence-corrected chi connectivity index (χ4v) is 4.11. The molecule has 4 rings (SSSR count). The van der Waals surface area contributed by atoms with Gasteiger partial charge in [0.2, 0.25) is 5.91 Å². The highest BCUT2D eigenvalue weighted by Crippen LogP contribution is 2.30. The van der Waals surface area contributed by atoms with Gasteiger partial charge in [0.25, 0.3) is 0 Å². The van der Waals surface area contributed by atoms with Gasteiger partial charge >= 0.3 is 0 Å². The number of carbonyl (C=O) groups is 1. The van der Waals surface area contributed by atoms with Crippen molar-refractivity contribution in [3.63, 3.8) is 0 Å². The summed E-state index contributed by atoms with van der Waals surface area (Å²) in [5, 5.41) is 13.3. The summed E-state index contributed by atoms with van der Waals surface area (Å²) in [6.45, 7) is 1.70. The van der Waals surface area contributed by atoms with E-state index in [4.69, 9.17) is 0 Å². The van der Waals surface area contributed by atoms with Gasteiger partial charge in [-0.25, -0.2) is 9.97 Å². The Kier molecular flexibility index (Phi) is 4.88. The SMILES string of the molecule is O=C(NC1CC1)C(O)C1CCN(c2ncnc3c2CCCCC3)CC1. The fraction of sp³-hybridized carbons (Fsp3) is 0.737. The zero-order valence-corrected chi connectivity index (χ0v) is 14.8. The molecule has 2 heterocycles. The van der Waals surface area contributed by atoms with E-state index in [9.17, 15) is 9.90 Å². The van der Waals surface area contributed by atoms with Crippen LogP contribution in [-0.4, -0.2) is 46.2 Å². The standard InChI is InChI=1S/C19H28N4O2/c24-17(19(25)22-14-6-7-14)13-8-10-23(11-9-13)18-15-4-2-1-3-5-16(15)20-12-21-18/h12-14,17,24H,1-11H2,(H,22,25). The van der Waals surface area contributed by atoms with E-state index in [0.29, 0.717) is 6.04 Å². The number of hydrogen-bond acceptors (Lipinski definition) is 5. The number of carbonyl (C=O) groups excluding carboxylic acids is 1. The lowest BCUT2D eigenvalue weighted by atomic mass is 9.90. The molecule has 1 unspecified atom stereocenters. The van der Waals surface area contributed by atoms with Gasteiger partial charge in [-0.2, -0.15) is 0 Å².